The highest BCUT2D eigenvalue weighted by Gasteiger charge is 2.40. The molecule has 2 aromatic heterocycles. The van der Waals surface area contributed by atoms with Crippen molar-refractivity contribution >= 4 is 46.4 Å². The average molecular weight is 889 g/mol. The van der Waals surface area contributed by atoms with Crippen LogP contribution in [-0.2, 0) is 25.7 Å². The van der Waals surface area contributed by atoms with Gasteiger partial charge in [0.25, 0.3) is 5.91 Å². The van der Waals surface area contributed by atoms with E-state index in [4.69, 9.17) is 15.6 Å². The first-order valence-corrected chi connectivity index (χ1v) is 23.0. The number of hydrogen-bond donors (Lipinski definition) is 2. The van der Waals surface area contributed by atoms with Gasteiger partial charge in [-0.15, -0.1) is 0 Å². The maximum absolute atomic E-state index is 14.1. The minimum Gasteiger partial charge on any atom is -0.457 e. The predicted octanol–water partition coefficient (Wildman–Crippen LogP) is 4.79. The van der Waals surface area contributed by atoms with E-state index in [1.807, 2.05) is 81.2 Å². The number of likely N-dealkylation sites (tertiary alicyclic amines) is 1. The molecule has 1 unspecified atom stereocenters. The first kappa shape index (κ1) is 42.8. The molecule has 4 fully saturated rings. The Morgan fingerprint density at radius 1 is 0.803 bits per heavy atom. The number of hydrogen-bond acceptors (Lipinski definition) is 11. The molecule has 5 amide bonds. The molecule has 4 aliphatic heterocycles. The summed E-state index contributed by atoms with van der Waals surface area (Å²) in [5.74, 6) is 7.51. The van der Waals surface area contributed by atoms with E-state index in [0.717, 1.165) is 48.4 Å². The molecule has 66 heavy (non-hydrogen) atoms. The van der Waals surface area contributed by atoms with Crippen LogP contribution in [0.15, 0.2) is 79.1 Å². The van der Waals surface area contributed by atoms with Gasteiger partial charge < -0.3 is 25.2 Å². The number of carbonyl (C=O) groups is 5. The summed E-state index contributed by atoms with van der Waals surface area (Å²) in [6, 6.07) is 22.1. The monoisotopic (exact) mass is 888 g/mol. The van der Waals surface area contributed by atoms with Gasteiger partial charge in [-0.25, -0.2) is 14.6 Å². The third-order valence-corrected chi connectivity index (χ3v) is 13.8. The molecule has 0 bridgehead atoms. The molecule has 1 aliphatic carbocycles. The molecule has 5 aromatic rings. The third kappa shape index (κ3) is 8.70. The number of nitrogens with one attached hydrogen (secondary N) is 1. The zero-order valence-corrected chi connectivity index (χ0v) is 36.7. The van der Waals surface area contributed by atoms with Crippen molar-refractivity contribution in [2.24, 2.45) is 11.8 Å². The predicted molar refractivity (Wildman–Crippen MR) is 244 cm³/mol. The van der Waals surface area contributed by atoms with E-state index in [-0.39, 0.29) is 47.9 Å². The molecular weight excluding hydrogens is 837 g/mol. The van der Waals surface area contributed by atoms with Gasteiger partial charge >= 0.3 is 0 Å². The maximum atomic E-state index is 14.1. The standard InChI is InChI=1S/C50H52N10O6/c51-45-43-44(33-15-17-39(18-16-33)66-38-8-2-1-3-9-38)55-60(46(43)53-31-52-45)37-7-5-23-58(30-37)49(64)35-13-11-34(12-14-35)48(63)57-26-24-56(25-27-57)22-4-6-32-10-19-40-36(28-32)29-59(50(40)65)41-20-21-42(61)54-47(41)62/h1-3,8-10,15-19,28,31,34-35,37,41H,5,7,11-14,20-27,29-30H2,(H2,51,52,53)(H,54,61,62)/t34?,35?,37-,41?/m1/s1. The van der Waals surface area contributed by atoms with Crippen molar-refractivity contribution < 1.29 is 28.7 Å². The van der Waals surface area contributed by atoms with Crippen LogP contribution in [0.25, 0.3) is 22.3 Å². The number of para-hydroxylation sites is 1. The molecule has 2 atom stereocenters. The van der Waals surface area contributed by atoms with E-state index in [2.05, 4.69) is 32.0 Å². The molecular formula is C50H52N10O6. The Bertz CT molecular complexity index is 2750. The summed E-state index contributed by atoms with van der Waals surface area (Å²) in [4.78, 5) is 81.5. The smallest absolute Gasteiger partial charge is 0.255 e. The fourth-order valence-corrected chi connectivity index (χ4v) is 10.2. The second kappa shape index (κ2) is 18.4. The molecule has 10 rings (SSSR count). The van der Waals surface area contributed by atoms with E-state index in [0.29, 0.717) is 105 Å². The summed E-state index contributed by atoms with van der Waals surface area (Å²) < 4.78 is 7.94. The first-order valence-electron chi connectivity index (χ1n) is 23.0. The Morgan fingerprint density at radius 2 is 1.53 bits per heavy atom. The second-order valence-corrected chi connectivity index (χ2v) is 18.0. The quantitative estimate of drug-likeness (QED) is 0.161. The normalized spacial score (nSPS) is 22.4. The second-order valence-electron chi connectivity index (χ2n) is 18.0. The Hall–Kier alpha value is -7.12. The highest BCUT2D eigenvalue weighted by Crippen LogP contribution is 2.37. The largest absolute Gasteiger partial charge is 0.457 e. The van der Waals surface area contributed by atoms with E-state index in [9.17, 15) is 24.0 Å². The minimum atomic E-state index is -0.650. The number of benzene rings is 3. The summed E-state index contributed by atoms with van der Waals surface area (Å²) in [6.07, 6.45) is 6.49. The Labute approximate surface area is 382 Å². The molecule has 16 heteroatoms. The summed E-state index contributed by atoms with van der Waals surface area (Å²) in [6.45, 7) is 4.82. The summed E-state index contributed by atoms with van der Waals surface area (Å²) in [7, 11) is 0. The topological polar surface area (TPSA) is 189 Å². The van der Waals surface area contributed by atoms with Gasteiger partial charge in [-0.2, -0.15) is 5.10 Å². The van der Waals surface area contributed by atoms with Crippen molar-refractivity contribution in [3.63, 3.8) is 0 Å². The lowest BCUT2D eigenvalue weighted by Gasteiger charge is -2.39. The number of imide groups is 1. The van der Waals surface area contributed by atoms with Gasteiger partial charge in [-0.1, -0.05) is 30.0 Å². The number of nitrogen functional groups attached to an aromatic ring is 1. The van der Waals surface area contributed by atoms with Crippen LogP contribution in [0.2, 0.25) is 0 Å². The van der Waals surface area contributed by atoms with E-state index < -0.39 is 11.9 Å². The third-order valence-electron chi connectivity index (χ3n) is 13.8. The Balaban J connectivity index is 0.699. The summed E-state index contributed by atoms with van der Waals surface area (Å²) in [5.41, 5.74) is 10.8. The van der Waals surface area contributed by atoms with Crippen LogP contribution in [0.1, 0.15) is 78.9 Å². The van der Waals surface area contributed by atoms with Crippen LogP contribution < -0.4 is 15.8 Å². The SMILES string of the molecule is Nc1ncnc2c1c(-c1ccc(Oc3ccccc3)cc1)nn2[C@@H]1CCCN(C(=O)C2CCC(C(=O)N3CCN(CC#Cc4ccc5c(c4)CN(C4CCC(=O)NC4=O)C5=O)CC3)CC2)C1. The molecule has 3 saturated heterocycles. The number of ether oxygens (including phenoxy) is 1. The van der Waals surface area contributed by atoms with Crippen molar-refractivity contribution in [3.8, 4) is 34.6 Å². The van der Waals surface area contributed by atoms with Crippen LogP contribution in [0, 0.1) is 23.7 Å². The average Bonchev–Trinajstić information content (AvgIpc) is 3.90. The molecule has 0 radical (unpaired) electrons. The van der Waals surface area contributed by atoms with Crippen molar-refractivity contribution in [3.05, 3.63) is 95.8 Å². The van der Waals surface area contributed by atoms with Crippen LogP contribution in [0.3, 0.4) is 0 Å². The van der Waals surface area contributed by atoms with E-state index >= 15 is 0 Å². The number of piperidine rings is 2. The van der Waals surface area contributed by atoms with Gasteiger partial charge in [-0.3, -0.25) is 34.2 Å². The van der Waals surface area contributed by atoms with Crippen molar-refractivity contribution in [2.75, 3.05) is 51.5 Å². The number of piperazine rings is 1. The highest BCUT2D eigenvalue weighted by molar-refractivity contribution is 6.05. The molecule has 3 aromatic carbocycles. The number of amides is 5. The summed E-state index contributed by atoms with van der Waals surface area (Å²) in [5, 5.41) is 8.10. The minimum absolute atomic E-state index is 0.0786. The van der Waals surface area contributed by atoms with Gasteiger partial charge in [0, 0.05) is 80.8 Å². The summed E-state index contributed by atoms with van der Waals surface area (Å²) >= 11 is 0. The molecule has 0 spiro atoms. The van der Waals surface area contributed by atoms with Crippen LogP contribution in [-0.4, -0.2) is 121 Å². The Kier molecular flexibility index (Phi) is 11.9. The number of nitrogens with zero attached hydrogens (tertiary/aromatic N) is 8. The Morgan fingerprint density at radius 3 is 2.27 bits per heavy atom. The lowest BCUT2D eigenvalue weighted by molar-refractivity contribution is -0.143. The maximum Gasteiger partial charge on any atom is 0.255 e. The number of fused-ring (bicyclic) bond motifs is 2. The number of anilines is 1. The highest BCUT2D eigenvalue weighted by atomic mass is 16.5. The van der Waals surface area contributed by atoms with Crippen LogP contribution in [0.4, 0.5) is 5.82 Å². The molecule has 3 N–H and O–H groups in total. The van der Waals surface area contributed by atoms with Crippen molar-refractivity contribution in [1.29, 1.82) is 0 Å². The zero-order chi connectivity index (χ0) is 45.3. The van der Waals surface area contributed by atoms with Gasteiger partial charge in [0.15, 0.2) is 5.65 Å². The number of nitrogens with two attached hydrogens (primary N) is 1. The lowest BCUT2D eigenvalue weighted by Crippen LogP contribution is -2.52. The van der Waals surface area contributed by atoms with E-state index in [1.165, 1.54) is 6.33 Å². The molecule has 338 valence electrons. The molecule has 5 aliphatic rings. The number of aromatic nitrogens is 4. The van der Waals surface area contributed by atoms with Gasteiger partial charge in [0.2, 0.25) is 23.6 Å². The van der Waals surface area contributed by atoms with Crippen molar-refractivity contribution in [2.45, 2.75) is 70.0 Å². The van der Waals surface area contributed by atoms with E-state index in [1.54, 1.807) is 11.0 Å². The number of rotatable bonds is 8. The molecule has 1 saturated carbocycles. The van der Waals surface area contributed by atoms with Crippen LogP contribution >= 0.6 is 0 Å². The zero-order valence-electron chi connectivity index (χ0n) is 36.7. The van der Waals surface area contributed by atoms with Gasteiger partial charge in [0.1, 0.15) is 35.4 Å². The van der Waals surface area contributed by atoms with Crippen LogP contribution in [0.5, 0.6) is 11.5 Å². The van der Waals surface area contributed by atoms with Gasteiger partial charge in [-0.05, 0) is 105 Å². The number of carbonyl (C=O) groups excluding carboxylic acids is 5. The first-order chi connectivity index (χ1) is 32.2. The lowest BCUT2D eigenvalue weighted by atomic mass is 9.80. The molecule has 6 heterocycles. The van der Waals surface area contributed by atoms with Gasteiger partial charge in [0.05, 0.1) is 18.0 Å². The van der Waals surface area contributed by atoms with Crippen molar-refractivity contribution in [1.82, 2.24) is 44.7 Å². The fourth-order valence-electron chi connectivity index (χ4n) is 10.2. The fraction of sp³-hybridized carbons (Fsp3) is 0.400. The molecule has 16 nitrogen and oxygen atoms in total.